The predicted molar refractivity (Wildman–Crippen MR) is 83.9 cm³/mol. The molecule has 1 aromatic heterocycles. The van der Waals surface area contributed by atoms with E-state index < -0.39 is 14.8 Å². The van der Waals surface area contributed by atoms with Crippen LogP contribution < -0.4 is 5.32 Å². The van der Waals surface area contributed by atoms with E-state index in [1.54, 1.807) is 0 Å². The first-order chi connectivity index (χ1) is 11.0. The van der Waals surface area contributed by atoms with Gasteiger partial charge in [-0.05, 0) is 25.5 Å². The summed E-state index contributed by atoms with van der Waals surface area (Å²) >= 11 is 0. The van der Waals surface area contributed by atoms with Crippen LogP contribution in [0.3, 0.4) is 0 Å². The van der Waals surface area contributed by atoms with Crippen molar-refractivity contribution in [2.75, 3.05) is 12.3 Å². The lowest BCUT2D eigenvalue weighted by Crippen LogP contribution is -2.39. The number of hydrogen-bond acceptors (Lipinski definition) is 7. The Balaban J connectivity index is 1.89. The molecule has 0 amide bonds. The highest BCUT2D eigenvalue weighted by Gasteiger charge is 2.24. The molecule has 3 rings (SSSR count). The number of sulfone groups is 1. The van der Waals surface area contributed by atoms with E-state index in [-0.39, 0.29) is 22.5 Å². The number of non-ortho nitro benzene ring substituents is 1. The van der Waals surface area contributed by atoms with E-state index in [9.17, 15) is 18.5 Å². The zero-order chi connectivity index (χ0) is 16.4. The van der Waals surface area contributed by atoms with E-state index in [1.807, 2.05) is 0 Å². The Morgan fingerprint density at radius 2 is 2.13 bits per heavy atom. The van der Waals surface area contributed by atoms with Crippen LogP contribution in [0, 0.1) is 10.1 Å². The number of nitrogens with one attached hydrogen (secondary N) is 1. The Labute approximate surface area is 133 Å². The molecule has 0 saturated carbocycles. The maximum atomic E-state index is 12.5. The molecule has 8 nitrogen and oxygen atoms in total. The molecule has 1 N–H and O–H groups in total. The molecule has 9 heteroatoms. The van der Waals surface area contributed by atoms with Crippen LogP contribution in [0.15, 0.2) is 29.4 Å². The van der Waals surface area contributed by atoms with Gasteiger partial charge in [0.2, 0.25) is 0 Å². The van der Waals surface area contributed by atoms with Crippen LogP contribution in [0.25, 0.3) is 11.0 Å². The van der Waals surface area contributed by atoms with Crippen molar-refractivity contribution >= 4 is 26.6 Å². The molecule has 0 bridgehead atoms. The fourth-order valence-corrected chi connectivity index (χ4v) is 4.10. The van der Waals surface area contributed by atoms with Gasteiger partial charge in [0.25, 0.3) is 5.69 Å². The summed E-state index contributed by atoms with van der Waals surface area (Å²) in [5.41, 5.74) is 0.524. The third kappa shape index (κ3) is 3.45. The number of nitrogens with zero attached hydrogens (tertiary/aromatic N) is 3. The van der Waals surface area contributed by atoms with Crippen molar-refractivity contribution in [1.29, 1.82) is 0 Å². The van der Waals surface area contributed by atoms with Crippen LogP contribution in [0.2, 0.25) is 0 Å². The van der Waals surface area contributed by atoms with E-state index in [4.69, 9.17) is 0 Å². The van der Waals surface area contributed by atoms with Gasteiger partial charge in [-0.15, -0.1) is 0 Å². The van der Waals surface area contributed by atoms with Crippen LogP contribution in [-0.4, -0.2) is 41.6 Å². The lowest BCUT2D eigenvalue weighted by Gasteiger charge is -2.22. The molecule has 23 heavy (non-hydrogen) atoms. The van der Waals surface area contributed by atoms with E-state index in [1.165, 1.54) is 24.4 Å². The Bertz CT molecular complexity index is 847. The van der Waals surface area contributed by atoms with Crippen LogP contribution in [0.4, 0.5) is 5.69 Å². The first kappa shape index (κ1) is 15.8. The van der Waals surface area contributed by atoms with Crippen molar-refractivity contribution < 1.29 is 13.3 Å². The molecule has 0 radical (unpaired) electrons. The highest BCUT2D eigenvalue weighted by molar-refractivity contribution is 7.91. The predicted octanol–water partition coefficient (Wildman–Crippen LogP) is 1.45. The Morgan fingerprint density at radius 1 is 1.30 bits per heavy atom. The second kappa shape index (κ2) is 6.17. The van der Waals surface area contributed by atoms with Gasteiger partial charge >= 0.3 is 0 Å². The molecule has 1 fully saturated rings. The number of piperidine rings is 1. The standard InChI is InChI=1S/C14H16N4O4S/c19-18(20)11-4-5-12-13(7-11)16-8-14(17-12)23(21,22)9-10-3-1-2-6-15-10/h4-5,7-8,10,15H,1-3,6,9H2/t10-/m0/s1. The number of nitro groups is 1. The average molecular weight is 336 g/mol. The summed E-state index contributed by atoms with van der Waals surface area (Å²) in [4.78, 5) is 18.3. The fraction of sp³-hybridized carbons (Fsp3) is 0.429. The first-order valence-electron chi connectivity index (χ1n) is 7.33. The van der Waals surface area contributed by atoms with Gasteiger partial charge in [0.05, 0.1) is 27.9 Å². The highest BCUT2D eigenvalue weighted by atomic mass is 32.2. The number of fused-ring (bicyclic) bond motifs is 1. The average Bonchev–Trinajstić information content (AvgIpc) is 2.54. The SMILES string of the molecule is O=[N+]([O-])c1ccc2nc(S(=O)(=O)C[C@@H]3CCCCN3)cnc2c1. The lowest BCUT2D eigenvalue weighted by molar-refractivity contribution is -0.384. The number of nitro benzene ring substituents is 1. The summed E-state index contributed by atoms with van der Waals surface area (Å²) in [6.07, 6.45) is 4.07. The molecule has 1 atom stereocenters. The smallest absolute Gasteiger partial charge is 0.271 e. The van der Waals surface area contributed by atoms with Crippen molar-refractivity contribution in [2.24, 2.45) is 0 Å². The van der Waals surface area contributed by atoms with Crippen molar-refractivity contribution in [3.8, 4) is 0 Å². The minimum atomic E-state index is -3.55. The summed E-state index contributed by atoms with van der Waals surface area (Å²) in [5, 5.41) is 13.9. The minimum absolute atomic E-state index is 0.0137. The molecule has 0 spiro atoms. The maximum Gasteiger partial charge on any atom is 0.271 e. The zero-order valence-electron chi connectivity index (χ0n) is 12.3. The summed E-state index contributed by atoms with van der Waals surface area (Å²) < 4.78 is 24.9. The van der Waals surface area contributed by atoms with Crippen LogP contribution in [0.5, 0.6) is 0 Å². The summed E-state index contributed by atoms with van der Waals surface area (Å²) in [6, 6.07) is 3.92. The second-order valence-electron chi connectivity index (χ2n) is 5.57. The van der Waals surface area contributed by atoms with Gasteiger partial charge < -0.3 is 5.32 Å². The van der Waals surface area contributed by atoms with E-state index >= 15 is 0 Å². The van der Waals surface area contributed by atoms with Crippen molar-refractivity contribution in [3.05, 3.63) is 34.5 Å². The monoisotopic (exact) mass is 336 g/mol. The van der Waals surface area contributed by atoms with Gasteiger partial charge in [0, 0.05) is 18.2 Å². The zero-order valence-corrected chi connectivity index (χ0v) is 13.1. The molecule has 1 aliphatic rings. The van der Waals surface area contributed by atoms with E-state index in [0.29, 0.717) is 11.0 Å². The van der Waals surface area contributed by atoms with Crippen LogP contribution in [0.1, 0.15) is 19.3 Å². The molecular formula is C14H16N4O4S. The van der Waals surface area contributed by atoms with Gasteiger partial charge in [-0.25, -0.2) is 13.4 Å². The van der Waals surface area contributed by atoms with Crippen LogP contribution >= 0.6 is 0 Å². The number of aromatic nitrogens is 2. The first-order valence-corrected chi connectivity index (χ1v) is 8.98. The fourth-order valence-electron chi connectivity index (χ4n) is 2.66. The highest BCUT2D eigenvalue weighted by Crippen LogP contribution is 2.20. The normalized spacial score (nSPS) is 18.9. The third-order valence-corrected chi connectivity index (χ3v) is 5.54. The maximum absolute atomic E-state index is 12.5. The Morgan fingerprint density at radius 3 is 2.83 bits per heavy atom. The molecule has 1 aromatic carbocycles. The van der Waals surface area contributed by atoms with Gasteiger partial charge in [0.15, 0.2) is 14.9 Å². The van der Waals surface area contributed by atoms with Crippen molar-refractivity contribution in [2.45, 2.75) is 30.3 Å². The summed E-state index contributed by atoms with van der Waals surface area (Å²) in [7, 11) is -3.55. The Hall–Kier alpha value is -2.13. The van der Waals surface area contributed by atoms with E-state index in [2.05, 4.69) is 15.3 Å². The van der Waals surface area contributed by atoms with Gasteiger partial charge in [-0.2, -0.15) is 0 Å². The molecule has 122 valence electrons. The number of rotatable bonds is 4. The Kier molecular flexibility index (Phi) is 4.22. The van der Waals surface area contributed by atoms with Crippen molar-refractivity contribution in [3.63, 3.8) is 0 Å². The largest absolute Gasteiger partial charge is 0.313 e. The quantitative estimate of drug-likeness (QED) is 0.663. The van der Waals surface area contributed by atoms with E-state index in [0.717, 1.165) is 25.8 Å². The molecule has 2 aromatic rings. The third-order valence-electron chi connectivity index (χ3n) is 3.87. The summed E-state index contributed by atoms with van der Waals surface area (Å²) in [6.45, 7) is 0.827. The summed E-state index contributed by atoms with van der Waals surface area (Å²) in [5.74, 6) is -0.0137. The molecule has 1 saturated heterocycles. The van der Waals surface area contributed by atoms with Gasteiger partial charge in [0.1, 0.15) is 0 Å². The topological polar surface area (TPSA) is 115 Å². The number of hydrogen-bond donors (Lipinski definition) is 1. The molecular weight excluding hydrogens is 320 g/mol. The molecule has 0 unspecified atom stereocenters. The molecule has 1 aliphatic heterocycles. The lowest BCUT2D eigenvalue weighted by atomic mass is 10.1. The second-order valence-corrected chi connectivity index (χ2v) is 7.55. The molecule has 0 aliphatic carbocycles. The molecule has 2 heterocycles. The minimum Gasteiger partial charge on any atom is -0.313 e. The van der Waals surface area contributed by atoms with Crippen molar-refractivity contribution in [1.82, 2.24) is 15.3 Å². The van der Waals surface area contributed by atoms with Crippen LogP contribution in [-0.2, 0) is 9.84 Å². The van der Waals surface area contributed by atoms with Gasteiger partial charge in [-0.1, -0.05) is 6.42 Å². The van der Waals surface area contributed by atoms with Gasteiger partial charge in [-0.3, -0.25) is 15.1 Å². The number of benzene rings is 1.